The van der Waals surface area contributed by atoms with Crippen LogP contribution in [0.15, 0.2) is 41.4 Å². The number of nitrogens with zero attached hydrogens (tertiary/aromatic N) is 1. The molecule has 0 spiro atoms. The molecule has 1 aromatic carbocycles. The van der Waals surface area contributed by atoms with Crippen LogP contribution in [0, 0.1) is 0 Å². The van der Waals surface area contributed by atoms with E-state index in [0.29, 0.717) is 17.9 Å². The lowest BCUT2D eigenvalue weighted by atomic mass is 10.1. The lowest BCUT2D eigenvalue weighted by Gasteiger charge is -2.07. The quantitative estimate of drug-likeness (QED) is 0.632. The fraction of sp³-hybridized carbons (Fsp3) is 0.474. The Bertz CT molecular complexity index is 479. The van der Waals surface area contributed by atoms with Gasteiger partial charge in [-0.15, -0.1) is 0 Å². The van der Waals surface area contributed by atoms with Crippen LogP contribution in [0.2, 0.25) is 0 Å². The van der Waals surface area contributed by atoms with Crippen molar-refractivity contribution in [2.45, 2.75) is 48.1 Å². The van der Waals surface area contributed by atoms with Crippen LogP contribution >= 0.6 is 0 Å². The molecule has 0 aliphatic rings. The van der Waals surface area contributed by atoms with E-state index in [2.05, 4.69) is 15.6 Å². The highest BCUT2D eigenvalue weighted by Crippen LogP contribution is 2.05. The summed E-state index contributed by atoms with van der Waals surface area (Å²) in [6.45, 7) is 13.2. The highest BCUT2D eigenvalue weighted by molar-refractivity contribution is 6.10. The van der Waals surface area contributed by atoms with Gasteiger partial charge in [0.05, 0.1) is 0 Å². The van der Waals surface area contributed by atoms with Crippen molar-refractivity contribution in [3.05, 3.63) is 47.5 Å². The molecule has 2 N–H and O–H groups in total. The maximum absolute atomic E-state index is 12.1. The molecule has 0 bridgehead atoms. The topological polar surface area (TPSA) is 53.5 Å². The van der Waals surface area contributed by atoms with E-state index in [9.17, 15) is 4.79 Å². The number of benzene rings is 1. The first-order valence-corrected chi connectivity index (χ1v) is 8.43. The average molecular weight is 319 g/mol. The Balaban J connectivity index is 0. The van der Waals surface area contributed by atoms with Gasteiger partial charge in [-0.25, -0.2) is 0 Å². The van der Waals surface area contributed by atoms with Crippen LogP contribution in [0.25, 0.3) is 0 Å². The van der Waals surface area contributed by atoms with E-state index in [1.165, 1.54) is 0 Å². The summed E-state index contributed by atoms with van der Waals surface area (Å²) < 4.78 is 0. The van der Waals surface area contributed by atoms with Gasteiger partial charge in [-0.3, -0.25) is 9.79 Å². The van der Waals surface area contributed by atoms with Crippen LogP contribution in [0.5, 0.6) is 0 Å². The molecule has 0 aliphatic carbocycles. The highest BCUT2D eigenvalue weighted by atomic mass is 16.1. The third kappa shape index (κ3) is 10.4. The maximum atomic E-state index is 12.1. The van der Waals surface area contributed by atoms with Crippen LogP contribution in [0.3, 0.4) is 0 Å². The van der Waals surface area contributed by atoms with Crippen LogP contribution in [0.1, 0.15) is 57.5 Å². The van der Waals surface area contributed by atoms with Gasteiger partial charge in [-0.05, 0) is 44.7 Å². The van der Waals surface area contributed by atoms with Crippen molar-refractivity contribution in [1.82, 2.24) is 10.6 Å². The van der Waals surface area contributed by atoms with Crippen molar-refractivity contribution in [2.24, 2.45) is 4.99 Å². The summed E-state index contributed by atoms with van der Waals surface area (Å²) in [6, 6.07) is 7.55. The molecule has 0 aliphatic heterocycles. The van der Waals surface area contributed by atoms with Crippen LogP contribution in [0.4, 0.5) is 0 Å². The minimum absolute atomic E-state index is 0.136. The minimum atomic E-state index is -0.136. The van der Waals surface area contributed by atoms with Crippen molar-refractivity contribution in [2.75, 3.05) is 13.6 Å². The molecule has 4 heteroatoms. The number of carbonyl (C=O) groups excluding carboxylic acids is 1. The zero-order valence-corrected chi connectivity index (χ0v) is 15.7. The predicted molar refractivity (Wildman–Crippen MR) is 102 cm³/mol. The first-order valence-electron chi connectivity index (χ1n) is 8.43. The Hall–Kier alpha value is -1.94. The third-order valence-corrected chi connectivity index (χ3v) is 2.46. The Morgan fingerprint density at radius 3 is 2.39 bits per heavy atom. The van der Waals surface area contributed by atoms with Crippen LogP contribution in [-0.4, -0.2) is 25.3 Å². The molecular formula is C19H33N3O. The molecule has 0 saturated heterocycles. The molecule has 23 heavy (non-hydrogen) atoms. The second-order valence-electron chi connectivity index (χ2n) is 4.04. The Labute approximate surface area is 142 Å². The van der Waals surface area contributed by atoms with Gasteiger partial charge >= 0.3 is 0 Å². The number of hydrogen-bond acceptors (Lipinski definition) is 3. The molecule has 1 aromatic rings. The maximum Gasteiger partial charge on any atom is 0.256 e. The molecule has 0 atom stereocenters. The van der Waals surface area contributed by atoms with Gasteiger partial charge in [0.25, 0.3) is 5.91 Å². The summed E-state index contributed by atoms with van der Waals surface area (Å²) in [5, 5.41) is 5.87. The van der Waals surface area contributed by atoms with Crippen molar-refractivity contribution >= 4 is 11.7 Å². The molecular weight excluding hydrogens is 286 g/mol. The number of carbonyl (C=O) groups is 1. The van der Waals surface area contributed by atoms with Crippen molar-refractivity contribution < 1.29 is 4.79 Å². The predicted octanol–water partition coefficient (Wildman–Crippen LogP) is 4.18. The summed E-state index contributed by atoms with van der Waals surface area (Å²) in [7, 11) is 1.88. The molecule has 0 heterocycles. The SMILES string of the molecule is C/C=C\C(=NCC)NC(=O)c1cccc(CNC)c1.CC.CC. The Morgan fingerprint density at radius 2 is 1.87 bits per heavy atom. The number of amidine groups is 1. The zero-order valence-electron chi connectivity index (χ0n) is 15.7. The number of hydrogen-bond donors (Lipinski definition) is 2. The van der Waals surface area contributed by atoms with Gasteiger partial charge in [-0.2, -0.15) is 0 Å². The van der Waals surface area contributed by atoms with E-state index in [-0.39, 0.29) is 5.91 Å². The van der Waals surface area contributed by atoms with Crippen molar-refractivity contribution in [1.29, 1.82) is 0 Å². The molecule has 0 radical (unpaired) electrons. The fourth-order valence-corrected chi connectivity index (χ4v) is 1.68. The normalized spacial score (nSPS) is 10.3. The molecule has 1 rings (SSSR count). The number of nitrogens with one attached hydrogen (secondary N) is 2. The smallest absolute Gasteiger partial charge is 0.256 e. The molecule has 0 saturated carbocycles. The largest absolute Gasteiger partial charge is 0.316 e. The lowest BCUT2D eigenvalue weighted by Crippen LogP contribution is -2.29. The highest BCUT2D eigenvalue weighted by Gasteiger charge is 2.07. The molecule has 0 unspecified atom stereocenters. The third-order valence-electron chi connectivity index (χ3n) is 2.46. The van der Waals surface area contributed by atoms with Crippen LogP contribution in [-0.2, 0) is 6.54 Å². The van der Waals surface area contributed by atoms with Crippen molar-refractivity contribution in [3.8, 4) is 0 Å². The molecule has 0 fully saturated rings. The van der Waals surface area contributed by atoms with E-state index < -0.39 is 0 Å². The number of aliphatic imine (C=N–C) groups is 1. The van der Waals surface area contributed by atoms with Gasteiger partial charge in [0, 0.05) is 18.7 Å². The van der Waals surface area contributed by atoms with Crippen molar-refractivity contribution in [3.63, 3.8) is 0 Å². The van der Waals surface area contributed by atoms with Gasteiger partial charge in [0.15, 0.2) is 0 Å². The van der Waals surface area contributed by atoms with Gasteiger partial charge in [-0.1, -0.05) is 45.9 Å². The summed E-state index contributed by atoms with van der Waals surface area (Å²) in [5.74, 6) is 0.456. The summed E-state index contributed by atoms with van der Waals surface area (Å²) in [4.78, 5) is 16.3. The van der Waals surface area contributed by atoms with E-state index in [4.69, 9.17) is 0 Å². The minimum Gasteiger partial charge on any atom is -0.316 e. The number of rotatable bonds is 5. The standard InChI is InChI=1S/C15H21N3O.2C2H6/c1-4-7-14(17-5-2)18-15(19)13-9-6-8-12(10-13)11-16-3;2*1-2/h4,6-10,16H,5,11H2,1-3H3,(H,17,18,19);2*1-2H3/b7-4-;;. The molecule has 4 nitrogen and oxygen atoms in total. The fourth-order valence-electron chi connectivity index (χ4n) is 1.68. The van der Waals surface area contributed by atoms with Gasteiger partial charge < -0.3 is 10.6 Å². The summed E-state index contributed by atoms with van der Waals surface area (Å²) in [6.07, 6.45) is 3.64. The summed E-state index contributed by atoms with van der Waals surface area (Å²) in [5.41, 5.74) is 1.72. The second-order valence-corrected chi connectivity index (χ2v) is 4.04. The number of amides is 1. The number of allylic oxidation sites excluding steroid dienone is 1. The lowest BCUT2D eigenvalue weighted by molar-refractivity contribution is 0.0977. The first kappa shape index (κ1) is 23.3. The molecule has 0 aromatic heterocycles. The van der Waals surface area contributed by atoms with E-state index >= 15 is 0 Å². The monoisotopic (exact) mass is 319 g/mol. The van der Waals surface area contributed by atoms with Crippen LogP contribution < -0.4 is 10.6 Å². The second kappa shape index (κ2) is 16.4. The van der Waals surface area contributed by atoms with E-state index in [1.807, 2.05) is 72.9 Å². The molecule has 1 amide bonds. The molecule has 130 valence electrons. The first-order chi connectivity index (χ1) is 11.2. The van der Waals surface area contributed by atoms with Gasteiger partial charge in [0.2, 0.25) is 0 Å². The van der Waals surface area contributed by atoms with E-state index in [1.54, 1.807) is 12.1 Å². The Kier molecular flexibility index (Phi) is 16.7. The van der Waals surface area contributed by atoms with Gasteiger partial charge in [0.1, 0.15) is 5.84 Å². The summed E-state index contributed by atoms with van der Waals surface area (Å²) >= 11 is 0. The average Bonchev–Trinajstić information content (AvgIpc) is 2.59. The zero-order chi connectivity index (χ0) is 18.1. The van der Waals surface area contributed by atoms with E-state index in [0.717, 1.165) is 12.1 Å². The Morgan fingerprint density at radius 1 is 1.22 bits per heavy atom.